The van der Waals surface area contributed by atoms with Crippen molar-refractivity contribution < 1.29 is 9.90 Å². The number of primary amides is 1. The van der Waals surface area contributed by atoms with E-state index in [2.05, 4.69) is 10.8 Å². The van der Waals surface area contributed by atoms with Crippen LogP contribution in [-0.4, -0.2) is 22.9 Å². The quantitative estimate of drug-likeness (QED) is 0.553. The van der Waals surface area contributed by atoms with Crippen LogP contribution in [0.3, 0.4) is 0 Å². The molecule has 0 radical (unpaired) electrons. The Bertz CT molecular complexity index is 213. The zero-order valence-electron chi connectivity index (χ0n) is 6.68. The molecule has 3 nitrogen and oxygen atoms in total. The van der Waals surface area contributed by atoms with Gasteiger partial charge in [0.1, 0.15) is 0 Å². The van der Waals surface area contributed by atoms with Crippen molar-refractivity contribution in [2.75, 3.05) is 5.75 Å². The molecular formula is C8H13NO2S. The summed E-state index contributed by atoms with van der Waals surface area (Å²) in [6.45, 7) is 0. The van der Waals surface area contributed by atoms with Crippen molar-refractivity contribution >= 4 is 16.8 Å². The van der Waals surface area contributed by atoms with Crippen LogP contribution in [0.15, 0.2) is 23.0 Å². The van der Waals surface area contributed by atoms with Gasteiger partial charge < -0.3 is 10.8 Å². The summed E-state index contributed by atoms with van der Waals surface area (Å²) in [6.07, 6.45) is 3.41. The third-order valence-corrected chi connectivity index (χ3v) is 3.48. The minimum atomic E-state index is -0.582. The van der Waals surface area contributed by atoms with Crippen LogP contribution in [0.2, 0.25) is 0 Å². The Balaban J connectivity index is 2.26. The topological polar surface area (TPSA) is 63.3 Å². The highest BCUT2D eigenvalue weighted by Crippen LogP contribution is 2.33. The van der Waals surface area contributed by atoms with Crippen molar-refractivity contribution in [3.8, 4) is 0 Å². The largest absolute Gasteiger partial charge is 0.392 e. The predicted octanol–water partition coefficient (Wildman–Crippen LogP) is 0.265. The Hall–Kier alpha value is -0.740. The minimum absolute atomic E-state index is 0.0700. The molecule has 1 amide bonds. The molecule has 1 aliphatic heterocycles. The second-order valence-electron chi connectivity index (χ2n) is 2.70. The Morgan fingerprint density at radius 3 is 2.58 bits per heavy atom. The molecule has 0 fully saturated rings. The number of thiol groups is 1. The van der Waals surface area contributed by atoms with E-state index in [1.165, 1.54) is 0 Å². The second-order valence-corrected chi connectivity index (χ2v) is 4.69. The molecule has 68 valence electrons. The molecule has 0 saturated heterocycles. The second kappa shape index (κ2) is 4.33. The fraction of sp³-hybridized carbons (Fsp3) is 0.375. The first-order chi connectivity index (χ1) is 5.68. The molecule has 0 aliphatic carbocycles. The van der Waals surface area contributed by atoms with Crippen LogP contribution in [0.5, 0.6) is 0 Å². The van der Waals surface area contributed by atoms with E-state index in [1.807, 2.05) is 12.2 Å². The van der Waals surface area contributed by atoms with Crippen LogP contribution >= 0.6 is 10.9 Å². The standard InChI is InChI=1S/C8H13NO2S/c9-8(11)5-7(10)6-12-3-1-2-4-12/h1-4,7,10,12H,5-6H2,(H2,9,11)/t7-/m0/s1. The number of hydrogen-bond acceptors (Lipinski definition) is 2. The van der Waals surface area contributed by atoms with Crippen molar-refractivity contribution in [2.24, 2.45) is 5.73 Å². The molecule has 0 aromatic rings. The maximum Gasteiger partial charge on any atom is 0.220 e. The lowest BCUT2D eigenvalue weighted by Crippen LogP contribution is -2.22. The van der Waals surface area contributed by atoms with Crippen LogP contribution < -0.4 is 5.73 Å². The van der Waals surface area contributed by atoms with Crippen molar-refractivity contribution in [3.63, 3.8) is 0 Å². The average Bonchev–Trinajstić information content (AvgIpc) is 2.37. The first kappa shape index (κ1) is 9.35. The van der Waals surface area contributed by atoms with Gasteiger partial charge in [-0.15, -0.1) is 0 Å². The molecule has 0 saturated carbocycles. The Morgan fingerprint density at radius 1 is 1.50 bits per heavy atom. The number of hydrogen-bond donors (Lipinski definition) is 3. The maximum atomic E-state index is 10.4. The van der Waals surface area contributed by atoms with Gasteiger partial charge in [-0.1, -0.05) is 12.2 Å². The highest BCUT2D eigenvalue weighted by molar-refractivity contribution is 8.22. The zero-order chi connectivity index (χ0) is 8.97. The monoisotopic (exact) mass is 187 g/mol. The average molecular weight is 187 g/mol. The summed E-state index contributed by atoms with van der Waals surface area (Å²) in [5.41, 5.74) is 4.94. The summed E-state index contributed by atoms with van der Waals surface area (Å²) in [5, 5.41) is 13.4. The van der Waals surface area contributed by atoms with Gasteiger partial charge in [-0.05, 0) is 10.8 Å². The molecule has 1 aliphatic rings. The summed E-state index contributed by atoms with van der Waals surface area (Å²) in [5.74, 6) is 0.204. The van der Waals surface area contributed by atoms with E-state index >= 15 is 0 Å². The highest BCUT2D eigenvalue weighted by Gasteiger charge is 2.10. The third kappa shape index (κ3) is 3.11. The first-order valence-corrected chi connectivity index (χ1v) is 5.42. The fourth-order valence-corrected chi connectivity index (χ4v) is 2.63. The number of carbonyl (C=O) groups excluding carboxylic acids is 1. The highest BCUT2D eigenvalue weighted by atomic mass is 32.2. The number of carbonyl (C=O) groups is 1. The molecule has 4 heteroatoms. The summed E-state index contributed by atoms with van der Waals surface area (Å²) < 4.78 is 0. The van der Waals surface area contributed by atoms with Crippen LogP contribution in [0.1, 0.15) is 6.42 Å². The zero-order valence-corrected chi connectivity index (χ0v) is 7.58. The van der Waals surface area contributed by atoms with Gasteiger partial charge in [0.25, 0.3) is 0 Å². The van der Waals surface area contributed by atoms with Crippen LogP contribution in [0.4, 0.5) is 0 Å². The number of allylic oxidation sites excluding steroid dienone is 2. The van der Waals surface area contributed by atoms with Crippen LogP contribution in [0.25, 0.3) is 0 Å². The van der Waals surface area contributed by atoms with Gasteiger partial charge in [-0.3, -0.25) is 4.79 Å². The van der Waals surface area contributed by atoms with E-state index in [1.54, 1.807) is 0 Å². The van der Waals surface area contributed by atoms with Crippen molar-refractivity contribution in [3.05, 3.63) is 23.0 Å². The number of amides is 1. The molecule has 12 heavy (non-hydrogen) atoms. The lowest BCUT2D eigenvalue weighted by atomic mass is 10.3. The van der Waals surface area contributed by atoms with Crippen molar-refractivity contribution in [1.82, 2.24) is 0 Å². The predicted molar refractivity (Wildman–Crippen MR) is 52.0 cm³/mol. The normalized spacial score (nSPS) is 19.9. The molecule has 0 aromatic carbocycles. The van der Waals surface area contributed by atoms with E-state index in [-0.39, 0.29) is 17.3 Å². The van der Waals surface area contributed by atoms with E-state index in [9.17, 15) is 9.90 Å². The number of aliphatic hydroxyl groups excluding tert-OH is 1. The van der Waals surface area contributed by atoms with E-state index < -0.39 is 12.0 Å². The molecule has 0 bridgehead atoms. The van der Waals surface area contributed by atoms with Gasteiger partial charge in [0.15, 0.2) is 0 Å². The molecule has 0 unspecified atom stereocenters. The first-order valence-electron chi connectivity index (χ1n) is 3.75. The Labute approximate surface area is 74.3 Å². The van der Waals surface area contributed by atoms with Gasteiger partial charge in [0, 0.05) is 5.75 Å². The van der Waals surface area contributed by atoms with Gasteiger partial charge >= 0.3 is 0 Å². The minimum Gasteiger partial charge on any atom is -0.392 e. The molecular weight excluding hydrogens is 174 g/mol. The molecule has 0 spiro atoms. The molecule has 3 N–H and O–H groups in total. The number of nitrogens with two attached hydrogens (primary N) is 1. The molecule has 1 atom stereocenters. The van der Waals surface area contributed by atoms with E-state index in [0.717, 1.165) is 0 Å². The van der Waals surface area contributed by atoms with Gasteiger partial charge in [0.2, 0.25) is 5.91 Å². The number of rotatable bonds is 4. The van der Waals surface area contributed by atoms with E-state index in [0.29, 0.717) is 5.75 Å². The van der Waals surface area contributed by atoms with Crippen LogP contribution in [0, 0.1) is 0 Å². The summed E-state index contributed by atoms with van der Waals surface area (Å²) in [4.78, 5) is 10.4. The summed E-state index contributed by atoms with van der Waals surface area (Å²) in [6, 6.07) is 0. The lowest BCUT2D eigenvalue weighted by Gasteiger charge is -2.14. The molecule has 1 rings (SSSR count). The molecule has 1 heterocycles. The van der Waals surface area contributed by atoms with Crippen LogP contribution in [-0.2, 0) is 4.79 Å². The van der Waals surface area contributed by atoms with Gasteiger partial charge in [0.05, 0.1) is 12.5 Å². The smallest absolute Gasteiger partial charge is 0.220 e. The SMILES string of the molecule is NC(=O)C[C@H](O)C[SH]1C=CC=C1. The van der Waals surface area contributed by atoms with Crippen molar-refractivity contribution in [2.45, 2.75) is 12.5 Å². The Kier molecular flexibility index (Phi) is 3.37. The van der Waals surface area contributed by atoms with E-state index in [4.69, 9.17) is 5.73 Å². The molecule has 0 aromatic heterocycles. The van der Waals surface area contributed by atoms with Crippen molar-refractivity contribution in [1.29, 1.82) is 0 Å². The summed E-state index contributed by atoms with van der Waals surface area (Å²) in [7, 11) is -0.334. The lowest BCUT2D eigenvalue weighted by molar-refractivity contribution is -0.119. The van der Waals surface area contributed by atoms with Gasteiger partial charge in [-0.2, -0.15) is 0 Å². The third-order valence-electron chi connectivity index (χ3n) is 1.52. The fourth-order valence-electron chi connectivity index (χ4n) is 1.03. The van der Waals surface area contributed by atoms with Gasteiger partial charge in [-0.25, -0.2) is 10.9 Å². The Morgan fingerprint density at radius 2 is 2.08 bits per heavy atom. The summed E-state index contributed by atoms with van der Waals surface area (Å²) >= 11 is 0. The maximum absolute atomic E-state index is 10.4. The number of aliphatic hydroxyl groups is 1.